The van der Waals surface area contributed by atoms with Gasteiger partial charge in [-0.25, -0.2) is 8.42 Å². The second-order valence-electron chi connectivity index (χ2n) is 5.94. The lowest BCUT2D eigenvalue weighted by Crippen LogP contribution is -2.35. The van der Waals surface area contributed by atoms with Crippen LogP contribution in [0.1, 0.15) is 42.9 Å². The highest BCUT2D eigenvalue weighted by Gasteiger charge is 2.39. The molecule has 2 fully saturated rings. The van der Waals surface area contributed by atoms with Gasteiger partial charge in [0.15, 0.2) is 15.7 Å². The Labute approximate surface area is 112 Å². The third-order valence-electron chi connectivity index (χ3n) is 4.48. The van der Waals surface area contributed by atoms with Crippen LogP contribution < -0.4 is 5.32 Å². The van der Waals surface area contributed by atoms with Crippen molar-refractivity contribution in [3.8, 4) is 0 Å². The molecular weight excluding hydrogens is 264 g/mol. The van der Waals surface area contributed by atoms with Gasteiger partial charge < -0.3 is 9.88 Å². The molecule has 7 heteroatoms. The van der Waals surface area contributed by atoms with Crippen molar-refractivity contribution in [3.63, 3.8) is 0 Å². The average Bonchev–Trinajstić information content (AvgIpc) is 3.03. The molecule has 1 aliphatic carbocycles. The Bertz CT molecular complexity index is 605. The normalized spacial score (nSPS) is 33.3. The van der Waals surface area contributed by atoms with Crippen LogP contribution in [-0.4, -0.2) is 41.2 Å². The molecule has 2 unspecified atom stereocenters. The first-order valence-electron chi connectivity index (χ1n) is 7.01. The summed E-state index contributed by atoms with van der Waals surface area (Å²) in [6, 6.07) is 0.327. The Balaban J connectivity index is 1.67. The number of nitrogens with one attached hydrogen (secondary N) is 1. The van der Waals surface area contributed by atoms with Crippen LogP contribution in [0, 0.1) is 5.92 Å². The summed E-state index contributed by atoms with van der Waals surface area (Å²) < 4.78 is 25.4. The molecule has 1 N–H and O–H groups in total. The van der Waals surface area contributed by atoms with Crippen molar-refractivity contribution >= 4 is 9.84 Å². The summed E-state index contributed by atoms with van der Waals surface area (Å²) in [6.07, 6.45) is 3.22. The van der Waals surface area contributed by atoms with Gasteiger partial charge >= 0.3 is 0 Å². The average molecular weight is 282 g/mol. The monoisotopic (exact) mass is 282 g/mol. The van der Waals surface area contributed by atoms with E-state index < -0.39 is 9.84 Å². The van der Waals surface area contributed by atoms with E-state index in [9.17, 15) is 8.42 Å². The zero-order chi connectivity index (χ0) is 13.0. The molecule has 4 rings (SSSR count). The Morgan fingerprint density at radius 3 is 2.63 bits per heavy atom. The van der Waals surface area contributed by atoms with Gasteiger partial charge in [0.05, 0.1) is 17.5 Å². The van der Waals surface area contributed by atoms with Gasteiger partial charge in [-0.05, 0) is 25.2 Å². The minimum absolute atomic E-state index is 0.0456. The summed E-state index contributed by atoms with van der Waals surface area (Å²) in [5.41, 5.74) is 0. The SMILES string of the molecule is O=S1(=O)CCC(c2nnc3n2CCNC3C2CC2)C1. The van der Waals surface area contributed by atoms with Gasteiger partial charge in [-0.2, -0.15) is 0 Å². The van der Waals surface area contributed by atoms with Crippen LogP contribution in [0.2, 0.25) is 0 Å². The van der Waals surface area contributed by atoms with Crippen LogP contribution in [0.15, 0.2) is 0 Å². The third kappa shape index (κ3) is 1.99. The zero-order valence-corrected chi connectivity index (χ0v) is 11.6. The second-order valence-corrected chi connectivity index (χ2v) is 8.17. The number of hydrogen-bond donors (Lipinski definition) is 1. The molecular formula is C12H18N4O2S. The maximum absolute atomic E-state index is 11.6. The maximum atomic E-state index is 11.6. The van der Waals surface area contributed by atoms with Crippen molar-refractivity contribution < 1.29 is 8.42 Å². The molecule has 0 amide bonds. The van der Waals surface area contributed by atoms with E-state index in [1.165, 1.54) is 12.8 Å². The van der Waals surface area contributed by atoms with Crippen LogP contribution in [0.4, 0.5) is 0 Å². The molecule has 0 aromatic carbocycles. The molecule has 0 bridgehead atoms. The van der Waals surface area contributed by atoms with Gasteiger partial charge in [0.2, 0.25) is 0 Å². The van der Waals surface area contributed by atoms with Crippen LogP contribution in [-0.2, 0) is 16.4 Å². The zero-order valence-electron chi connectivity index (χ0n) is 10.7. The van der Waals surface area contributed by atoms with E-state index in [4.69, 9.17) is 0 Å². The smallest absolute Gasteiger partial charge is 0.151 e. The van der Waals surface area contributed by atoms with Crippen molar-refractivity contribution in [2.24, 2.45) is 5.92 Å². The lowest BCUT2D eigenvalue weighted by atomic mass is 10.1. The minimum Gasteiger partial charge on any atom is -0.312 e. The van der Waals surface area contributed by atoms with Crippen LogP contribution in [0.5, 0.6) is 0 Å². The van der Waals surface area contributed by atoms with Gasteiger partial charge in [-0.15, -0.1) is 10.2 Å². The lowest BCUT2D eigenvalue weighted by molar-refractivity contribution is 0.374. The van der Waals surface area contributed by atoms with E-state index >= 15 is 0 Å². The molecule has 0 radical (unpaired) electrons. The molecule has 3 aliphatic rings. The minimum atomic E-state index is -2.86. The largest absolute Gasteiger partial charge is 0.312 e. The Morgan fingerprint density at radius 2 is 1.95 bits per heavy atom. The summed E-state index contributed by atoms with van der Waals surface area (Å²) >= 11 is 0. The van der Waals surface area contributed by atoms with Crippen molar-refractivity contribution in [3.05, 3.63) is 11.6 Å². The predicted molar refractivity (Wildman–Crippen MR) is 69.5 cm³/mol. The van der Waals surface area contributed by atoms with Gasteiger partial charge in [0.25, 0.3) is 0 Å². The number of aromatic nitrogens is 3. The number of fused-ring (bicyclic) bond motifs is 1. The molecule has 1 saturated heterocycles. The molecule has 6 nitrogen and oxygen atoms in total. The standard InChI is InChI=1S/C12H18N4O2S/c17-19(18)6-3-9(7-19)11-14-15-12-10(8-1-2-8)13-4-5-16(11)12/h8-10,13H,1-7H2. The van der Waals surface area contributed by atoms with Crippen LogP contribution in [0.25, 0.3) is 0 Å². The quantitative estimate of drug-likeness (QED) is 0.840. The highest BCUT2D eigenvalue weighted by atomic mass is 32.2. The molecule has 1 aromatic heterocycles. The van der Waals surface area contributed by atoms with E-state index in [-0.39, 0.29) is 11.7 Å². The van der Waals surface area contributed by atoms with Crippen LogP contribution >= 0.6 is 0 Å². The highest BCUT2D eigenvalue weighted by Crippen LogP contribution is 2.42. The molecule has 104 valence electrons. The number of hydrogen-bond acceptors (Lipinski definition) is 5. The van der Waals surface area contributed by atoms with E-state index in [0.717, 1.165) is 24.7 Å². The summed E-state index contributed by atoms with van der Waals surface area (Å²) in [4.78, 5) is 0. The van der Waals surface area contributed by atoms with Gasteiger partial charge in [-0.3, -0.25) is 0 Å². The van der Waals surface area contributed by atoms with E-state index in [0.29, 0.717) is 24.1 Å². The number of rotatable bonds is 2. The summed E-state index contributed by atoms with van der Waals surface area (Å²) in [7, 11) is -2.86. The third-order valence-corrected chi connectivity index (χ3v) is 6.24. The number of nitrogens with zero attached hydrogens (tertiary/aromatic N) is 3. The first-order valence-corrected chi connectivity index (χ1v) is 8.83. The van der Waals surface area contributed by atoms with E-state index in [1.807, 2.05) is 0 Å². The van der Waals surface area contributed by atoms with Crippen molar-refractivity contribution in [2.75, 3.05) is 18.1 Å². The predicted octanol–water partition coefficient (Wildman–Crippen LogP) is 0.234. The Hall–Kier alpha value is -0.950. The molecule has 3 heterocycles. The fraction of sp³-hybridized carbons (Fsp3) is 0.833. The first kappa shape index (κ1) is 11.8. The fourth-order valence-electron chi connectivity index (χ4n) is 3.32. The van der Waals surface area contributed by atoms with Crippen LogP contribution in [0.3, 0.4) is 0 Å². The van der Waals surface area contributed by atoms with Crippen molar-refractivity contribution in [1.82, 2.24) is 20.1 Å². The topological polar surface area (TPSA) is 76.9 Å². The molecule has 0 spiro atoms. The summed E-state index contributed by atoms with van der Waals surface area (Å²) in [5, 5.41) is 12.2. The van der Waals surface area contributed by atoms with E-state index in [1.54, 1.807) is 0 Å². The number of sulfone groups is 1. The Kier molecular flexibility index (Phi) is 2.51. The maximum Gasteiger partial charge on any atom is 0.151 e. The van der Waals surface area contributed by atoms with Crippen molar-refractivity contribution in [1.29, 1.82) is 0 Å². The first-order chi connectivity index (χ1) is 9.14. The fourth-order valence-corrected chi connectivity index (χ4v) is 5.06. The van der Waals surface area contributed by atoms with Gasteiger partial charge in [-0.1, -0.05) is 0 Å². The van der Waals surface area contributed by atoms with E-state index in [2.05, 4.69) is 20.1 Å². The second kappa shape index (κ2) is 4.02. The molecule has 2 aliphatic heterocycles. The highest BCUT2D eigenvalue weighted by molar-refractivity contribution is 7.91. The Morgan fingerprint density at radius 1 is 1.16 bits per heavy atom. The molecule has 1 saturated carbocycles. The molecule has 2 atom stereocenters. The summed E-state index contributed by atoms with van der Waals surface area (Å²) in [5.74, 6) is 3.19. The lowest BCUT2D eigenvalue weighted by Gasteiger charge is -2.25. The van der Waals surface area contributed by atoms with Crippen molar-refractivity contribution in [2.45, 2.75) is 37.8 Å². The molecule has 19 heavy (non-hydrogen) atoms. The van der Waals surface area contributed by atoms with Gasteiger partial charge in [0.1, 0.15) is 5.82 Å². The summed E-state index contributed by atoms with van der Waals surface area (Å²) in [6.45, 7) is 1.79. The van der Waals surface area contributed by atoms with Gasteiger partial charge in [0, 0.05) is 19.0 Å². The molecule has 1 aromatic rings.